The lowest BCUT2D eigenvalue weighted by Gasteiger charge is -2.17. The SMILES string of the molecule is NC(COCC(F)(F)C(F)F)Cc1ccco1. The summed E-state index contributed by atoms with van der Waals surface area (Å²) in [5.74, 6) is -3.55. The average Bonchev–Trinajstić information content (AvgIpc) is 2.69. The van der Waals surface area contributed by atoms with Crippen molar-refractivity contribution in [3.63, 3.8) is 0 Å². The number of ether oxygens (including phenoxy) is 1. The topological polar surface area (TPSA) is 48.4 Å². The van der Waals surface area contributed by atoms with E-state index in [0.29, 0.717) is 12.2 Å². The van der Waals surface area contributed by atoms with Crippen molar-refractivity contribution in [2.45, 2.75) is 24.8 Å². The average molecular weight is 255 g/mol. The first-order valence-corrected chi connectivity index (χ1v) is 4.93. The van der Waals surface area contributed by atoms with Gasteiger partial charge in [0.15, 0.2) is 0 Å². The predicted octanol–water partition coefficient (Wildman–Crippen LogP) is 2.07. The van der Waals surface area contributed by atoms with Gasteiger partial charge in [0, 0.05) is 12.5 Å². The molecule has 1 rings (SSSR count). The van der Waals surface area contributed by atoms with Crippen molar-refractivity contribution in [1.82, 2.24) is 0 Å². The zero-order chi connectivity index (χ0) is 12.9. The highest BCUT2D eigenvalue weighted by molar-refractivity contribution is 5.00. The Kier molecular flexibility index (Phi) is 4.95. The number of hydrogen-bond donors (Lipinski definition) is 1. The van der Waals surface area contributed by atoms with Gasteiger partial charge in [0.2, 0.25) is 0 Å². The van der Waals surface area contributed by atoms with Crippen LogP contribution in [-0.2, 0) is 11.2 Å². The van der Waals surface area contributed by atoms with Crippen molar-refractivity contribution in [3.8, 4) is 0 Å². The molecule has 0 amide bonds. The zero-order valence-electron chi connectivity index (χ0n) is 8.91. The predicted molar refractivity (Wildman–Crippen MR) is 52.2 cm³/mol. The van der Waals surface area contributed by atoms with Crippen LogP contribution >= 0.6 is 0 Å². The molecule has 1 atom stereocenters. The van der Waals surface area contributed by atoms with E-state index in [1.807, 2.05) is 0 Å². The molecule has 0 aliphatic carbocycles. The van der Waals surface area contributed by atoms with E-state index in [9.17, 15) is 17.6 Å². The molecule has 0 saturated carbocycles. The number of halogens is 4. The molecule has 2 N–H and O–H groups in total. The molecule has 0 aliphatic heterocycles. The van der Waals surface area contributed by atoms with Crippen LogP contribution in [0.1, 0.15) is 5.76 Å². The molecule has 0 bridgehead atoms. The quantitative estimate of drug-likeness (QED) is 0.759. The Labute approximate surface area is 95.5 Å². The lowest BCUT2D eigenvalue weighted by Crippen LogP contribution is -2.36. The van der Waals surface area contributed by atoms with Gasteiger partial charge in [-0.1, -0.05) is 0 Å². The highest BCUT2D eigenvalue weighted by atomic mass is 19.3. The fraction of sp³-hybridized carbons (Fsp3) is 0.600. The van der Waals surface area contributed by atoms with Gasteiger partial charge in [-0.15, -0.1) is 0 Å². The normalized spacial score (nSPS) is 14.2. The first-order chi connectivity index (χ1) is 7.92. The Hall–Kier alpha value is -1.08. The maximum Gasteiger partial charge on any atom is 0.330 e. The van der Waals surface area contributed by atoms with E-state index in [0.717, 1.165) is 0 Å². The molecule has 0 radical (unpaired) electrons. The molecular weight excluding hydrogens is 242 g/mol. The van der Waals surface area contributed by atoms with E-state index in [2.05, 4.69) is 4.74 Å². The summed E-state index contributed by atoms with van der Waals surface area (Å²) in [5, 5.41) is 0. The Morgan fingerprint density at radius 1 is 1.41 bits per heavy atom. The molecule has 1 aromatic heterocycles. The standard InChI is InChI=1S/C10H13F4NO2/c11-9(12)10(13,14)6-16-5-7(15)4-8-2-1-3-17-8/h1-3,7,9H,4-6,15H2. The number of hydrogen-bond acceptors (Lipinski definition) is 3. The van der Waals surface area contributed by atoms with Crippen LogP contribution in [0.2, 0.25) is 0 Å². The Balaban J connectivity index is 2.22. The van der Waals surface area contributed by atoms with Crippen LogP contribution in [0.4, 0.5) is 17.6 Å². The van der Waals surface area contributed by atoms with E-state index in [-0.39, 0.29) is 6.61 Å². The molecule has 3 nitrogen and oxygen atoms in total. The molecule has 0 saturated heterocycles. The third kappa shape index (κ3) is 4.74. The Morgan fingerprint density at radius 3 is 2.65 bits per heavy atom. The molecule has 0 aromatic carbocycles. The molecule has 0 spiro atoms. The van der Waals surface area contributed by atoms with E-state index in [4.69, 9.17) is 10.2 Å². The van der Waals surface area contributed by atoms with Gasteiger partial charge < -0.3 is 14.9 Å². The molecule has 17 heavy (non-hydrogen) atoms. The van der Waals surface area contributed by atoms with Crippen LogP contribution in [0.5, 0.6) is 0 Å². The third-order valence-corrected chi connectivity index (χ3v) is 1.99. The van der Waals surface area contributed by atoms with Crippen LogP contribution in [0.3, 0.4) is 0 Å². The van der Waals surface area contributed by atoms with Gasteiger partial charge in [-0.2, -0.15) is 8.78 Å². The highest BCUT2D eigenvalue weighted by Crippen LogP contribution is 2.22. The molecule has 7 heteroatoms. The number of furan rings is 1. The number of nitrogens with two attached hydrogens (primary N) is 1. The van der Waals surface area contributed by atoms with Crippen molar-refractivity contribution < 1.29 is 26.7 Å². The zero-order valence-corrected chi connectivity index (χ0v) is 8.91. The van der Waals surface area contributed by atoms with Gasteiger partial charge in [-0.05, 0) is 12.1 Å². The Morgan fingerprint density at radius 2 is 2.12 bits per heavy atom. The summed E-state index contributed by atoms with van der Waals surface area (Å²) in [7, 11) is 0. The van der Waals surface area contributed by atoms with Gasteiger partial charge >= 0.3 is 12.3 Å². The van der Waals surface area contributed by atoms with E-state index in [1.54, 1.807) is 12.1 Å². The largest absolute Gasteiger partial charge is 0.469 e. The van der Waals surface area contributed by atoms with E-state index < -0.39 is 25.0 Å². The smallest absolute Gasteiger partial charge is 0.330 e. The minimum absolute atomic E-state index is 0.233. The summed E-state index contributed by atoms with van der Waals surface area (Å²) in [4.78, 5) is 0. The summed E-state index contributed by atoms with van der Waals surface area (Å²) < 4.78 is 57.9. The van der Waals surface area contributed by atoms with Crippen molar-refractivity contribution in [2.75, 3.05) is 13.2 Å². The first-order valence-electron chi connectivity index (χ1n) is 4.93. The molecule has 1 unspecified atom stereocenters. The maximum atomic E-state index is 12.4. The van der Waals surface area contributed by atoms with Crippen LogP contribution < -0.4 is 5.73 Å². The van der Waals surface area contributed by atoms with Crippen LogP contribution in [-0.4, -0.2) is 31.6 Å². The van der Waals surface area contributed by atoms with Gasteiger partial charge in [-0.25, -0.2) is 8.78 Å². The van der Waals surface area contributed by atoms with Crippen molar-refractivity contribution in [1.29, 1.82) is 0 Å². The first kappa shape index (κ1) is 14.0. The fourth-order valence-electron chi connectivity index (χ4n) is 1.16. The lowest BCUT2D eigenvalue weighted by molar-refractivity contribution is -0.166. The molecule has 98 valence electrons. The third-order valence-electron chi connectivity index (χ3n) is 1.99. The second-order valence-electron chi connectivity index (χ2n) is 3.62. The van der Waals surface area contributed by atoms with Crippen LogP contribution in [0.25, 0.3) is 0 Å². The van der Waals surface area contributed by atoms with Crippen LogP contribution in [0.15, 0.2) is 22.8 Å². The van der Waals surface area contributed by atoms with Crippen molar-refractivity contribution in [2.24, 2.45) is 5.73 Å². The van der Waals surface area contributed by atoms with Gasteiger partial charge in [-0.3, -0.25) is 0 Å². The van der Waals surface area contributed by atoms with Crippen molar-refractivity contribution in [3.05, 3.63) is 24.2 Å². The maximum absolute atomic E-state index is 12.4. The second kappa shape index (κ2) is 6.02. The summed E-state index contributed by atoms with van der Waals surface area (Å²) in [6.07, 6.45) is -1.98. The molecular formula is C10H13F4NO2. The molecule has 1 heterocycles. The van der Waals surface area contributed by atoms with E-state index in [1.165, 1.54) is 6.26 Å². The molecule has 1 aromatic rings. The summed E-state index contributed by atoms with van der Waals surface area (Å²) in [6.45, 7) is -1.57. The monoisotopic (exact) mass is 255 g/mol. The van der Waals surface area contributed by atoms with Crippen molar-refractivity contribution >= 4 is 0 Å². The summed E-state index contributed by atoms with van der Waals surface area (Å²) in [5.41, 5.74) is 5.55. The highest BCUT2D eigenvalue weighted by Gasteiger charge is 2.41. The molecule has 0 aliphatic rings. The minimum Gasteiger partial charge on any atom is -0.469 e. The fourth-order valence-corrected chi connectivity index (χ4v) is 1.16. The van der Waals surface area contributed by atoms with Crippen LogP contribution in [0, 0.1) is 0 Å². The number of rotatable bonds is 7. The van der Waals surface area contributed by atoms with E-state index >= 15 is 0 Å². The van der Waals surface area contributed by atoms with Gasteiger partial charge in [0.25, 0.3) is 0 Å². The molecule has 0 fully saturated rings. The second-order valence-corrected chi connectivity index (χ2v) is 3.62. The minimum atomic E-state index is -4.13. The Bertz CT molecular complexity index is 316. The lowest BCUT2D eigenvalue weighted by atomic mass is 10.2. The van der Waals surface area contributed by atoms with Gasteiger partial charge in [0.05, 0.1) is 12.9 Å². The number of alkyl halides is 4. The summed E-state index contributed by atoms with van der Waals surface area (Å²) in [6, 6.07) is 2.76. The summed E-state index contributed by atoms with van der Waals surface area (Å²) >= 11 is 0. The van der Waals surface area contributed by atoms with Gasteiger partial charge in [0.1, 0.15) is 12.4 Å².